The van der Waals surface area contributed by atoms with E-state index in [1.54, 1.807) is 36.0 Å². The van der Waals surface area contributed by atoms with Crippen LogP contribution in [0.1, 0.15) is 41.9 Å². The Morgan fingerprint density at radius 1 is 1.28 bits per heavy atom. The number of Topliss-reactive ketones (excluding diaryl/α,β-unsaturated/α-hetero) is 1. The average Bonchev–Trinajstić information content (AvgIpc) is 3.34. The molecule has 0 bridgehead atoms. The van der Waals surface area contributed by atoms with Crippen molar-refractivity contribution in [3.05, 3.63) is 53.7 Å². The van der Waals surface area contributed by atoms with Gasteiger partial charge in [0.1, 0.15) is 5.60 Å². The molecule has 3 aromatic rings. The molecule has 0 radical (unpaired) electrons. The van der Waals surface area contributed by atoms with Gasteiger partial charge in [0.05, 0.1) is 6.20 Å². The van der Waals surface area contributed by atoms with Crippen LogP contribution in [0.4, 0.5) is 0 Å². The van der Waals surface area contributed by atoms with Crippen molar-refractivity contribution in [1.29, 1.82) is 0 Å². The maximum Gasteiger partial charge on any atom is 0.166 e. The van der Waals surface area contributed by atoms with Crippen LogP contribution < -0.4 is 0 Å². The first-order valence-electron chi connectivity index (χ1n) is 8.27. The van der Waals surface area contributed by atoms with Crippen molar-refractivity contribution in [1.82, 2.24) is 20.2 Å². The fourth-order valence-electron chi connectivity index (χ4n) is 3.36. The third-order valence-electron chi connectivity index (χ3n) is 4.83. The summed E-state index contributed by atoms with van der Waals surface area (Å²) in [6.45, 7) is 0. The van der Waals surface area contributed by atoms with Crippen LogP contribution in [0.3, 0.4) is 0 Å². The van der Waals surface area contributed by atoms with E-state index in [0.29, 0.717) is 31.5 Å². The van der Waals surface area contributed by atoms with Crippen LogP contribution in [0.5, 0.6) is 0 Å². The number of rotatable bonds is 4. The predicted octanol–water partition coefficient (Wildman–Crippen LogP) is 3.19. The highest BCUT2D eigenvalue weighted by Gasteiger charge is 2.39. The molecule has 1 saturated carbocycles. The number of nitrogens with one attached hydrogen (secondary N) is 1. The van der Waals surface area contributed by atoms with Crippen LogP contribution >= 0.6 is 11.3 Å². The van der Waals surface area contributed by atoms with Gasteiger partial charge in [-0.3, -0.25) is 9.89 Å². The Balaban J connectivity index is 1.45. The fourth-order valence-corrected chi connectivity index (χ4v) is 4.24. The molecule has 0 saturated heterocycles. The Morgan fingerprint density at radius 3 is 2.72 bits per heavy atom. The first kappa shape index (κ1) is 16.1. The monoisotopic (exact) mass is 354 g/mol. The summed E-state index contributed by atoms with van der Waals surface area (Å²) in [5.74, 6) is 0.552. The molecule has 0 unspecified atom stereocenters. The number of aromatic nitrogens is 4. The fraction of sp³-hybridized carbons (Fsp3) is 0.333. The highest BCUT2D eigenvalue weighted by molar-refractivity contribution is 7.13. The molecule has 0 spiro atoms. The maximum atomic E-state index is 12.8. The number of nitrogens with zero attached hydrogens (tertiary/aromatic N) is 3. The van der Waals surface area contributed by atoms with Gasteiger partial charge in [0, 0.05) is 45.9 Å². The van der Waals surface area contributed by atoms with E-state index >= 15 is 0 Å². The number of carbonyl (C=O) groups excluding carboxylic acids is 1. The van der Waals surface area contributed by atoms with Gasteiger partial charge in [0.2, 0.25) is 0 Å². The van der Waals surface area contributed by atoms with E-state index in [2.05, 4.69) is 20.2 Å². The summed E-state index contributed by atoms with van der Waals surface area (Å²) in [6, 6.07) is 3.66. The minimum atomic E-state index is -1.02. The average molecular weight is 354 g/mol. The minimum Gasteiger partial charge on any atom is -0.382 e. The molecule has 3 aromatic heterocycles. The standard InChI is InChI=1S/C18H18N4O2S/c23-16(13-8-15(25-11-13)14-9-21-22-10-14)12-2-4-18(24,5-3-12)17-19-6-1-7-20-17/h1,6-12,24H,2-5H2,(H,21,22). The van der Waals surface area contributed by atoms with Crippen molar-refractivity contribution in [2.75, 3.05) is 0 Å². The van der Waals surface area contributed by atoms with Crippen molar-refractivity contribution in [3.63, 3.8) is 0 Å². The van der Waals surface area contributed by atoms with Gasteiger partial charge in [-0.05, 0) is 37.8 Å². The van der Waals surface area contributed by atoms with Gasteiger partial charge in [-0.15, -0.1) is 11.3 Å². The van der Waals surface area contributed by atoms with Crippen molar-refractivity contribution in [2.45, 2.75) is 31.3 Å². The number of carbonyl (C=O) groups is 1. The smallest absolute Gasteiger partial charge is 0.166 e. The summed E-state index contributed by atoms with van der Waals surface area (Å²) in [7, 11) is 0. The molecule has 3 heterocycles. The second-order valence-corrected chi connectivity index (χ2v) is 7.34. The van der Waals surface area contributed by atoms with E-state index < -0.39 is 5.60 Å². The van der Waals surface area contributed by atoms with E-state index in [1.807, 2.05) is 17.6 Å². The summed E-state index contributed by atoms with van der Waals surface area (Å²) in [4.78, 5) is 22.2. The molecule has 0 amide bonds. The Morgan fingerprint density at radius 2 is 2.04 bits per heavy atom. The second kappa shape index (κ2) is 6.50. The molecule has 0 aromatic carbocycles. The molecule has 1 aliphatic rings. The van der Waals surface area contributed by atoms with Crippen LogP contribution in [-0.4, -0.2) is 31.1 Å². The number of aromatic amines is 1. The molecule has 4 rings (SSSR count). The van der Waals surface area contributed by atoms with Crippen LogP contribution in [0.25, 0.3) is 10.4 Å². The van der Waals surface area contributed by atoms with E-state index in [4.69, 9.17) is 0 Å². The zero-order chi connectivity index (χ0) is 17.3. The molecule has 7 heteroatoms. The largest absolute Gasteiger partial charge is 0.382 e. The Labute approximate surface area is 149 Å². The molecular formula is C18H18N4O2S. The van der Waals surface area contributed by atoms with Crippen LogP contribution in [0, 0.1) is 5.92 Å². The van der Waals surface area contributed by atoms with Gasteiger partial charge in [0.15, 0.2) is 11.6 Å². The maximum absolute atomic E-state index is 12.8. The van der Waals surface area contributed by atoms with Crippen molar-refractivity contribution < 1.29 is 9.90 Å². The SMILES string of the molecule is O=C(c1csc(-c2cn[nH]c2)c1)C1CCC(O)(c2ncccn2)CC1. The lowest BCUT2D eigenvalue weighted by atomic mass is 9.76. The Hall–Kier alpha value is -2.38. The molecule has 25 heavy (non-hydrogen) atoms. The van der Waals surface area contributed by atoms with E-state index in [0.717, 1.165) is 16.0 Å². The Kier molecular flexibility index (Phi) is 4.19. The molecule has 6 nitrogen and oxygen atoms in total. The molecular weight excluding hydrogens is 336 g/mol. The summed E-state index contributed by atoms with van der Waals surface area (Å²) in [6.07, 6.45) is 9.15. The minimum absolute atomic E-state index is 0.0595. The summed E-state index contributed by atoms with van der Waals surface area (Å²) in [5, 5.41) is 19.4. The highest BCUT2D eigenvalue weighted by Crippen LogP contribution is 2.39. The quantitative estimate of drug-likeness (QED) is 0.702. The third kappa shape index (κ3) is 3.12. The lowest BCUT2D eigenvalue weighted by Crippen LogP contribution is -2.35. The van der Waals surface area contributed by atoms with Crippen LogP contribution in [0.15, 0.2) is 42.3 Å². The highest BCUT2D eigenvalue weighted by atomic mass is 32.1. The topological polar surface area (TPSA) is 91.8 Å². The van der Waals surface area contributed by atoms with Gasteiger partial charge >= 0.3 is 0 Å². The van der Waals surface area contributed by atoms with E-state index in [1.165, 1.54) is 0 Å². The zero-order valence-electron chi connectivity index (χ0n) is 13.6. The number of aliphatic hydroxyl groups is 1. The predicted molar refractivity (Wildman–Crippen MR) is 94.1 cm³/mol. The first-order chi connectivity index (χ1) is 12.2. The molecule has 2 N–H and O–H groups in total. The lowest BCUT2D eigenvalue weighted by Gasteiger charge is -2.34. The number of H-pyrrole nitrogens is 1. The van der Waals surface area contributed by atoms with Crippen LogP contribution in [0.2, 0.25) is 0 Å². The normalized spacial score (nSPS) is 23.5. The number of hydrogen-bond donors (Lipinski definition) is 2. The number of thiophene rings is 1. The van der Waals surface area contributed by atoms with Crippen molar-refractivity contribution in [2.24, 2.45) is 5.92 Å². The molecule has 1 fully saturated rings. The summed E-state index contributed by atoms with van der Waals surface area (Å²) < 4.78 is 0. The van der Waals surface area contributed by atoms with Crippen molar-refractivity contribution in [3.8, 4) is 10.4 Å². The summed E-state index contributed by atoms with van der Waals surface area (Å²) in [5.41, 5.74) is 0.713. The van der Waals surface area contributed by atoms with Crippen molar-refractivity contribution >= 4 is 17.1 Å². The number of ketones is 1. The molecule has 1 aliphatic carbocycles. The van der Waals surface area contributed by atoms with Crippen LogP contribution in [-0.2, 0) is 5.60 Å². The van der Waals surface area contributed by atoms with Gasteiger partial charge in [0.25, 0.3) is 0 Å². The number of hydrogen-bond acceptors (Lipinski definition) is 6. The zero-order valence-corrected chi connectivity index (χ0v) is 14.4. The lowest BCUT2D eigenvalue weighted by molar-refractivity contribution is -0.0191. The first-order valence-corrected chi connectivity index (χ1v) is 9.15. The summed E-state index contributed by atoms with van der Waals surface area (Å²) >= 11 is 1.55. The Bertz CT molecular complexity index is 852. The van der Waals surface area contributed by atoms with Gasteiger partial charge in [-0.1, -0.05) is 0 Å². The second-order valence-electron chi connectivity index (χ2n) is 6.43. The molecule has 0 aliphatic heterocycles. The van der Waals surface area contributed by atoms with E-state index in [9.17, 15) is 9.90 Å². The van der Waals surface area contributed by atoms with E-state index in [-0.39, 0.29) is 11.7 Å². The van der Waals surface area contributed by atoms with Gasteiger partial charge in [-0.2, -0.15) is 5.10 Å². The van der Waals surface area contributed by atoms with Gasteiger partial charge in [-0.25, -0.2) is 9.97 Å². The molecule has 0 atom stereocenters. The third-order valence-corrected chi connectivity index (χ3v) is 5.81. The van der Waals surface area contributed by atoms with Gasteiger partial charge < -0.3 is 5.11 Å². The molecule has 128 valence electrons.